The maximum absolute atomic E-state index is 14.3. The van der Waals surface area contributed by atoms with Crippen LogP contribution in [-0.2, 0) is 0 Å². The van der Waals surface area contributed by atoms with E-state index in [9.17, 15) is 19.3 Å². The van der Waals surface area contributed by atoms with Crippen LogP contribution in [0.2, 0.25) is 0 Å². The third-order valence-electron chi connectivity index (χ3n) is 3.01. The molecule has 2 aromatic carbocycles. The molecule has 0 atom stereocenters. The minimum Gasteiger partial charge on any atom is -0.403 e. The van der Waals surface area contributed by atoms with E-state index >= 15 is 0 Å². The van der Waals surface area contributed by atoms with Crippen LogP contribution >= 0.6 is 0 Å². The summed E-state index contributed by atoms with van der Waals surface area (Å²) in [5.74, 6) is -1.16. The molecule has 0 saturated carbocycles. The van der Waals surface area contributed by atoms with Crippen LogP contribution in [-0.4, -0.2) is 16.6 Å². The Balaban J connectivity index is 2.41. The molecule has 0 unspecified atom stereocenters. The fourth-order valence-corrected chi connectivity index (χ4v) is 2.04. The molecule has 2 rings (SSSR count). The average molecular weight is 332 g/mol. The summed E-state index contributed by atoms with van der Waals surface area (Å²) in [6.45, 7) is 5.17. The number of rotatable bonds is 3. The maximum atomic E-state index is 14.3. The number of nitro groups is 1. The van der Waals surface area contributed by atoms with Crippen molar-refractivity contribution in [1.29, 1.82) is 0 Å². The SMILES string of the molecule is CC(C)(C)NC(=O)Oc1cc(F)c(-c2ccccc2)cc1[N+](=O)[O-]. The minimum absolute atomic E-state index is 0.0610. The summed E-state index contributed by atoms with van der Waals surface area (Å²) in [7, 11) is 0. The zero-order valence-corrected chi connectivity index (χ0v) is 13.5. The molecule has 126 valence electrons. The van der Waals surface area contributed by atoms with E-state index in [2.05, 4.69) is 5.32 Å². The van der Waals surface area contributed by atoms with Gasteiger partial charge in [-0.05, 0) is 26.3 Å². The number of ether oxygens (including phenoxy) is 1. The molecule has 0 heterocycles. The zero-order chi connectivity index (χ0) is 17.9. The number of amides is 1. The van der Waals surface area contributed by atoms with E-state index in [0.29, 0.717) is 5.56 Å². The fourth-order valence-electron chi connectivity index (χ4n) is 2.04. The molecule has 0 spiro atoms. The number of halogens is 1. The Hall–Kier alpha value is -2.96. The molecule has 0 aliphatic heterocycles. The van der Waals surface area contributed by atoms with Crippen LogP contribution in [0, 0.1) is 15.9 Å². The molecule has 0 bridgehead atoms. The van der Waals surface area contributed by atoms with E-state index in [4.69, 9.17) is 4.74 Å². The van der Waals surface area contributed by atoms with Gasteiger partial charge in [0.15, 0.2) is 0 Å². The van der Waals surface area contributed by atoms with Crippen LogP contribution < -0.4 is 10.1 Å². The molecule has 24 heavy (non-hydrogen) atoms. The monoisotopic (exact) mass is 332 g/mol. The van der Waals surface area contributed by atoms with Crippen LogP contribution in [0.25, 0.3) is 11.1 Å². The van der Waals surface area contributed by atoms with E-state index in [1.165, 1.54) is 0 Å². The first kappa shape index (κ1) is 17.4. The van der Waals surface area contributed by atoms with Crippen molar-refractivity contribution < 1.29 is 18.8 Å². The second kappa shape index (κ2) is 6.66. The predicted molar refractivity (Wildman–Crippen MR) is 87.4 cm³/mol. The third-order valence-corrected chi connectivity index (χ3v) is 3.01. The van der Waals surface area contributed by atoms with Gasteiger partial charge in [-0.25, -0.2) is 9.18 Å². The van der Waals surface area contributed by atoms with Crippen LogP contribution in [0.1, 0.15) is 20.8 Å². The van der Waals surface area contributed by atoms with Gasteiger partial charge in [0, 0.05) is 23.2 Å². The van der Waals surface area contributed by atoms with Gasteiger partial charge in [-0.2, -0.15) is 0 Å². The topological polar surface area (TPSA) is 81.5 Å². The fraction of sp³-hybridized carbons (Fsp3) is 0.235. The third kappa shape index (κ3) is 4.28. The molecule has 0 radical (unpaired) electrons. The van der Waals surface area contributed by atoms with Crippen molar-refractivity contribution >= 4 is 11.8 Å². The van der Waals surface area contributed by atoms with Crippen molar-refractivity contribution in [2.75, 3.05) is 0 Å². The highest BCUT2D eigenvalue weighted by Crippen LogP contribution is 2.35. The van der Waals surface area contributed by atoms with Gasteiger partial charge in [-0.1, -0.05) is 30.3 Å². The lowest BCUT2D eigenvalue weighted by molar-refractivity contribution is -0.385. The van der Waals surface area contributed by atoms with Gasteiger partial charge in [-0.15, -0.1) is 0 Å². The molecular formula is C17H17FN2O4. The van der Waals surface area contributed by atoms with Gasteiger partial charge in [-0.3, -0.25) is 10.1 Å². The highest BCUT2D eigenvalue weighted by Gasteiger charge is 2.24. The number of benzene rings is 2. The van der Waals surface area contributed by atoms with Gasteiger partial charge in [0.25, 0.3) is 0 Å². The Morgan fingerprint density at radius 1 is 1.21 bits per heavy atom. The quantitative estimate of drug-likeness (QED) is 0.671. The van der Waals surface area contributed by atoms with Crippen molar-refractivity contribution in [1.82, 2.24) is 5.32 Å². The second-order valence-electron chi connectivity index (χ2n) is 6.19. The molecule has 0 aliphatic carbocycles. The molecular weight excluding hydrogens is 315 g/mol. The molecule has 7 heteroatoms. The van der Waals surface area contributed by atoms with E-state index in [0.717, 1.165) is 12.1 Å². The largest absolute Gasteiger partial charge is 0.413 e. The average Bonchev–Trinajstić information content (AvgIpc) is 2.45. The molecule has 0 aromatic heterocycles. The molecule has 6 nitrogen and oxygen atoms in total. The van der Waals surface area contributed by atoms with Gasteiger partial charge in [0.1, 0.15) is 5.82 Å². The number of hydrogen-bond acceptors (Lipinski definition) is 4. The minimum atomic E-state index is -0.891. The summed E-state index contributed by atoms with van der Waals surface area (Å²) in [5.41, 5.74) is -0.525. The highest BCUT2D eigenvalue weighted by atomic mass is 19.1. The van der Waals surface area contributed by atoms with Crippen LogP contribution in [0.15, 0.2) is 42.5 Å². The summed E-state index contributed by atoms with van der Waals surface area (Å²) < 4.78 is 19.3. The van der Waals surface area contributed by atoms with E-state index in [1.54, 1.807) is 51.1 Å². The van der Waals surface area contributed by atoms with E-state index in [1.807, 2.05) is 0 Å². The van der Waals surface area contributed by atoms with Crippen molar-refractivity contribution in [2.45, 2.75) is 26.3 Å². The molecule has 0 saturated heterocycles. The summed E-state index contributed by atoms with van der Waals surface area (Å²) in [6.07, 6.45) is -0.891. The van der Waals surface area contributed by atoms with Crippen molar-refractivity contribution in [3.05, 3.63) is 58.4 Å². The van der Waals surface area contributed by atoms with Crippen LogP contribution in [0.3, 0.4) is 0 Å². The molecule has 1 amide bonds. The summed E-state index contributed by atoms with van der Waals surface area (Å²) in [4.78, 5) is 22.3. The van der Waals surface area contributed by atoms with Crippen molar-refractivity contribution in [3.8, 4) is 16.9 Å². The Labute approximate surface area is 138 Å². The second-order valence-corrected chi connectivity index (χ2v) is 6.19. The first-order chi connectivity index (χ1) is 11.2. The van der Waals surface area contributed by atoms with Crippen molar-refractivity contribution in [3.63, 3.8) is 0 Å². The lowest BCUT2D eigenvalue weighted by Crippen LogP contribution is -2.42. The first-order valence-electron chi connectivity index (χ1n) is 7.21. The Bertz CT molecular complexity index is 770. The predicted octanol–water partition coefficient (Wildman–Crippen LogP) is 4.29. The zero-order valence-electron chi connectivity index (χ0n) is 13.5. The Kier molecular flexibility index (Phi) is 4.82. The molecule has 0 aliphatic rings. The lowest BCUT2D eigenvalue weighted by atomic mass is 10.0. The van der Waals surface area contributed by atoms with Gasteiger partial charge >= 0.3 is 11.8 Å². The van der Waals surface area contributed by atoms with Crippen LogP contribution in [0.4, 0.5) is 14.9 Å². The normalized spacial score (nSPS) is 11.0. The lowest BCUT2D eigenvalue weighted by Gasteiger charge is -2.19. The standard InChI is InChI=1S/C17H17FN2O4/c1-17(2,3)19-16(21)24-15-10-13(18)12(9-14(15)20(22)23)11-7-5-4-6-8-11/h4-10H,1-3H3,(H,19,21). The van der Waals surface area contributed by atoms with E-state index in [-0.39, 0.29) is 5.56 Å². The number of hydrogen-bond donors (Lipinski definition) is 1. The van der Waals surface area contributed by atoms with Gasteiger partial charge < -0.3 is 10.1 Å². The molecule has 0 fully saturated rings. The number of carbonyl (C=O) groups excluding carboxylic acids is 1. The Morgan fingerprint density at radius 3 is 2.38 bits per heavy atom. The van der Waals surface area contributed by atoms with E-state index < -0.39 is 33.8 Å². The number of nitrogens with one attached hydrogen (secondary N) is 1. The molecule has 2 aromatic rings. The van der Waals surface area contributed by atoms with Crippen LogP contribution in [0.5, 0.6) is 5.75 Å². The first-order valence-corrected chi connectivity index (χ1v) is 7.21. The number of nitrogens with zero attached hydrogens (tertiary/aromatic N) is 1. The number of carbonyl (C=O) groups is 1. The summed E-state index contributed by atoms with van der Waals surface area (Å²) in [5, 5.41) is 13.7. The summed E-state index contributed by atoms with van der Waals surface area (Å²) in [6, 6.07) is 10.3. The van der Waals surface area contributed by atoms with Gasteiger partial charge in [0.2, 0.25) is 5.75 Å². The summed E-state index contributed by atoms with van der Waals surface area (Å²) >= 11 is 0. The smallest absolute Gasteiger partial charge is 0.403 e. The Morgan fingerprint density at radius 2 is 1.83 bits per heavy atom. The maximum Gasteiger partial charge on any atom is 0.413 e. The van der Waals surface area contributed by atoms with Gasteiger partial charge in [0.05, 0.1) is 4.92 Å². The van der Waals surface area contributed by atoms with Crippen molar-refractivity contribution in [2.24, 2.45) is 0 Å². The number of nitro benzene ring substituents is 1. The molecule has 1 N–H and O–H groups in total. The highest BCUT2D eigenvalue weighted by molar-refractivity contribution is 5.75.